The van der Waals surface area contributed by atoms with Crippen LogP contribution in [0.5, 0.6) is 0 Å². The largest absolute Gasteiger partial charge is 0.357 e. The highest BCUT2D eigenvalue weighted by Gasteiger charge is 2.23. The van der Waals surface area contributed by atoms with Gasteiger partial charge in [-0.15, -0.1) is 0 Å². The standard InChI is InChI=1S/C36H30Br2N4O2/c1-21-33(35(43)25-13-17-27(37)18-14-25)22(2)40-31-11-7-8-12-32(31)42-24(4)34(36(44)26-15-19-28(38)20-16-26)23(3)41-30-10-6-5-9-29(30)39-21/h5-20,39,42H,1-4H3/b33-21+,34-24+,40-22?,41-23?. The maximum absolute atomic E-state index is 14.0. The molecule has 4 aromatic rings. The van der Waals surface area contributed by atoms with Gasteiger partial charge >= 0.3 is 0 Å². The van der Waals surface area contributed by atoms with Gasteiger partial charge in [0.05, 0.1) is 45.3 Å². The predicted octanol–water partition coefficient (Wildman–Crippen LogP) is 10.2. The summed E-state index contributed by atoms with van der Waals surface area (Å²) in [7, 11) is 0. The summed E-state index contributed by atoms with van der Waals surface area (Å²) in [5, 5.41) is 6.87. The molecule has 5 rings (SSSR count). The van der Waals surface area contributed by atoms with Gasteiger partial charge in [0.1, 0.15) is 0 Å². The number of carbonyl (C=O) groups is 2. The number of ketones is 2. The maximum Gasteiger partial charge on any atom is 0.196 e. The Bertz CT molecular complexity index is 1750. The van der Waals surface area contributed by atoms with Crippen molar-refractivity contribution in [2.24, 2.45) is 9.98 Å². The van der Waals surface area contributed by atoms with Gasteiger partial charge in [0.2, 0.25) is 0 Å². The van der Waals surface area contributed by atoms with E-state index in [4.69, 9.17) is 9.98 Å². The summed E-state index contributed by atoms with van der Waals surface area (Å²) in [5.41, 5.74) is 6.96. The molecule has 1 aliphatic heterocycles. The van der Waals surface area contributed by atoms with Crippen LogP contribution in [0, 0.1) is 0 Å². The highest BCUT2D eigenvalue weighted by Crippen LogP contribution is 2.32. The van der Waals surface area contributed by atoms with Gasteiger partial charge in [-0.25, -0.2) is 0 Å². The van der Waals surface area contributed by atoms with Crippen LogP contribution >= 0.6 is 31.9 Å². The van der Waals surface area contributed by atoms with Gasteiger partial charge in [0.25, 0.3) is 0 Å². The second-order valence-corrected chi connectivity index (χ2v) is 12.2. The van der Waals surface area contributed by atoms with Crippen molar-refractivity contribution in [1.29, 1.82) is 0 Å². The molecule has 0 spiro atoms. The van der Waals surface area contributed by atoms with Crippen LogP contribution in [0.4, 0.5) is 22.7 Å². The van der Waals surface area contributed by atoms with Crippen molar-refractivity contribution in [3.8, 4) is 0 Å². The van der Waals surface area contributed by atoms with E-state index in [2.05, 4.69) is 42.5 Å². The summed E-state index contributed by atoms with van der Waals surface area (Å²) < 4.78 is 1.77. The molecular weight excluding hydrogens is 680 g/mol. The first-order valence-electron chi connectivity index (χ1n) is 14.0. The second kappa shape index (κ2) is 13.5. The number of para-hydroxylation sites is 4. The minimum Gasteiger partial charge on any atom is -0.357 e. The average Bonchev–Trinajstić information content (AvgIpc) is 2.99. The topological polar surface area (TPSA) is 82.9 Å². The first kappa shape index (κ1) is 31.0. The van der Waals surface area contributed by atoms with E-state index in [1.54, 1.807) is 24.3 Å². The number of carbonyl (C=O) groups excluding carboxylic acids is 2. The van der Waals surface area contributed by atoms with Crippen molar-refractivity contribution in [3.63, 3.8) is 0 Å². The lowest BCUT2D eigenvalue weighted by Gasteiger charge is -2.19. The first-order chi connectivity index (χ1) is 21.1. The summed E-state index contributed by atoms with van der Waals surface area (Å²) in [6.07, 6.45) is 0. The number of hydrogen-bond acceptors (Lipinski definition) is 6. The summed E-state index contributed by atoms with van der Waals surface area (Å²) in [6, 6.07) is 29.7. The van der Waals surface area contributed by atoms with Gasteiger partial charge in [-0.2, -0.15) is 0 Å². The van der Waals surface area contributed by atoms with E-state index in [-0.39, 0.29) is 11.6 Å². The third kappa shape index (κ3) is 6.87. The van der Waals surface area contributed by atoms with Crippen molar-refractivity contribution in [1.82, 2.24) is 0 Å². The van der Waals surface area contributed by atoms with Crippen LogP contribution in [0.15, 0.2) is 139 Å². The Labute approximate surface area is 274 Å². The van der Waals surface area contributed by atoms with Crippen LogP contribution in [0.3, 0.4) is 0 Å². The molecule has 8 heteroatoms. The molecule has 1 aliphatic rings. The van der Waals surface area contributed by atoms with Crippen LogP contribution < -0.4 is 10.6 Å². The average molecular weight is 710 g/mol. The van der Waals surface area contributed by atoms with Crippen LogP contribution in [0.1, 0.15) is 48.4 Å². The van der Waals surface area contributed by atoms with Gasteiger partial charge in [-0.05, 0) is 100 Å². The van der Waals surface area contributed by atoms with Crippen LogP contribution in [-0.2, 0) is 0 Å². The minimum atomic E-state index is -0.156. The second-order valence-electron chi connectivity index (χ2n) is 10.4. The zero-order valence-electron chi connectivity index (χ0n) is 24.7. The molecule has 1 heterocycles. The van der Waals surface area contributed by atoms with Gasteiger partial charge in [0.15, 0.2) is 11.6 Å². The number of Topliss-reactive ketones (excluding diaryl/α,β-unsaturated/α-hetero) is 2. The van der Waals surface area contributed by atoms with Gasteiger partial charge in [-0.3, -0.25) is 19.6 Å². The zero-order valence-corrected chi connectivity index (χ0v) is 27.9. The third-order valence-electron chi connectivity index (χ3n) is 7.17. The molecule has 44 heavy (non-hydrogen) atoms. The van der Waals surface area contributed by atoms with E-state index >= 15 is 0 Å². The number of fused-ring (bicyclic) bond motifs is 2. The summed E-state index contributed by atoms with van der Waals surface area (Å²) in [5.74, 6) is -0.311. The maximum atomic E-state index is 14.0. The molecule has 6 nitrogen and oxygen atoms in total. The molecule has 0 saturated heterocycles. The van der Waals surface area contributed by atoms with Gasteiger partial charge in [0, 0.05) is 31.5 Å². The molecule has 0 aromatic heterocycles. The minimum absolute atomic E-state index is 0.156. The monoisotopic (exact) mass is 708 g/mol. The van der Waals surface area contributed by atoms with Crippen LogP contribution in [0.2, 0.25) is 0 Å². The van der Waals surface area contributed by atoms with E-state index < -0.39 is 0 Å². The molecule has 0 unspecified atom stereocenters. The third-order valence-corrected chi connectivity index (χ3v) is 8.23. The van der Waals surface area contributed by atoms with Crippen molar-refractivity contribution >= 4 is 77.6 Å². The normalized spacial score (nSPS) is 17.1. The van der Waals surface area contributed by atoms with Gasteiger partial charge < -0.3 is 10.6 Å². The molecule has 220 valence electrons. The Morgan fingerprint density at radius 2 is 0.864 bits per heavy atom. The van der Waals surface area contributed by atoms with Crippen LogP contribution in [0.25, 0.3) is 0 Å². The Morgan fingerprint density at radius 3 is 1.23 bits per heavy atom. The Morgan fingerprint density at radius 1 is 0.523 bits per heavy atom. The number of halogens is 2. The number of rotatable bonds is 4. The lowest BCUT2D eigenvalue weighted by atomic mass is 9.97. The van der Waals surface area contributed by atoms with Crippen LogP contribution in [-0.4, -0.2) is 23.0 Å². The number of benzene rings is 4. The van der Waals surface area contributed by atoms with Crippen molar-refractivity contribution in [2.45, 2.75) is 27.7 Å². The molecule has 0 atom stereocenters. The highest BCUT2D eigenvalue weighted by molar-refractivity contribution is 9.10. The van der Waals surface area contributed by atoms with Crippen molar-refractivity contribution in [3.05, 3.63) is 140 Å². The molecule has 0 aliphatic carbocycles. The first-order valence-corrected chi connectivity index (χ1v) is 15.6. The number of allylic oxidation sites excluding steroid dienone is 4. The Balaban J connectivity index is 1.73. The summed E-state index contributed by atoms with van der Waals surface area (Å²) in [6.45, 7) is 7.39. The SMILES string of the molecule is CC1=Nc2ccccc2N/C(C)=C(/C(=O)c2ccc(Br)cc2)C(C)=Nc2ccccc2N/C(C)=C\1C(=O)c1ccc(Br)cc1. The molecule has 0 amide bonds. The van der Waals surface area contributed by atoms with E-state index in [1.165, 1.54) is 0 Å². The fourth-order valence-corrected chi connectivity index (χ4v) is 5.59. The molecule has 0 fully saturated rings. The number of aliphatic imine (C=N–C) groups is 2. The molecular formula is C36H30Br2N4O2. The zero-order chi connectivity index (χ0) is 31.4. The Hall–Kier alpha value is -4.40. The number of anilines is 2. The number of hydrogen-bond donors (Lipinski definition) is 2. The van der Waals surface area contributed by atoms with E-state index in [0.29, 0.717) is 67.8 Å². The molecule has 0 radical (unpaired) electrons. The quantitative estimate of drug-likeness (QED) is 0.207. The molecule has 4 aromatic carbocycles. The van der Waals surface area contributed by atoms with Crippen molar-refractivity contribution in [2.75, 3.05) is 10.6 Å². The fraction of sp³-hybridized carbons (Fsp3) is 0.111. The highest BCUT2D eigenvalue weighted by atomic mass is 79.9. The number of nitrogens with one attached hydrogen (secondary N) is 2. The number of nitrogens with zero attached hydrogens (tertiary/aromatic N) is 2. The molecule has 0 saturated carbocycles. The predicted molar refractivity (Wildman–Crippen MR) is 188 cm³/mol. The van der Waals surface area contributed by atoms with E-state index in [0.717, 1.165) is 8.95 Å². The van der Waals surface area contributed by atoms with E-state index in [1.807, 2.05) is 100 Å². The van der Waals surface area contributed by atoms with Gasteiger partial charge in [-0.1, -0.05) is 56.1 Å². The Kier molecular flexibility index (Phi) is 9.52. The molecule has 0 bridgehead atoms. The van der Waals surface area contributed by atoms with E-state index in [9.17, 15) is 9.59 Å². The lowest BCUT2D eigenvalue weighted by Crippen LogP contribution is -2.18. The van der Waals surface area contributed by atoms with Crippen molar-refractivity contribution < 1.29 is 9.59 Å². The smallest absolute Gasteiger partial charge is 0.196 e. The lowest BCUT2D eigenvalue weighted by molar-refractivity contribution is 0.103. The summed E-state index contributed by atoms with van der Waals surface area (Å²) >= 11 is 6.91. The molecule has 2 N–H and O–H groups in total. The summed E-state index contributed by atoms with van der Waals surface area (Å²) in [4.78, 5) is 37.9. The fourth-order valence-electron chi connectivity index (χ4n) is 5.06.